The first kappa shape index (κ1) is 12.0. The van der Waals surface area contributed by atoms with E-state index in [-0.39, 0.29) is 0 Å². The van der Waals surface area contributed by atoms with Gasteiger partial charge >= 0.3 is 0 Å². The molecule has 0 N–H and O–H groups in total. The fourth-order valence-corrected chi connectivity index (χ4v) is 2.34. The number of halogens is 1. The smallest absolute Gasteiger partial charge is 0.0991 e. The summed E-state index contributed by atoms with van der Waals surface area (Å²) in [6, 6.07) is 8.05. The van der Waals surface area contributed by atoms with E-state index < -0.39 is 0 Å². The molecule has 0 amide bonds. The van der Waals surface area contributed by atoms with Crippen LogP contribution in [0.3, 0.4) is 0 Å². The number of nitriles is 1. The molecule has 0 radical (unpaired) electrons. The van der Waals surface area contributed by atoms with Gasteiger partial charge in [-0.15, -0.1) is 11.6 Å². The van der Waals surface area contributed by atoms with Gasteiger partial charge in [0.15, 0.2) is 0 Å². The molecule has 0 aliphatic carbocycles. The molecule has 3 heteroatoms. The Hall–Kier alpha value is -1.46. The van der Waals surface area contributed by atoms with Gasteiger partial charge in [-0.05, 0) is 43.0 Å². The molecule has 1 heterocycles. The molecule has 0 aliphatic heterocycles. The van der Waals surface area contributed by atoms with Crippen LogP contribution >= 0.6 is 11.6 Å². The second kappa shape index (κ2) is 5.25. The fraction of sp³-hybridized carbons (Fsp3) is 0.357. The van der Waals surface area contributed by atoms with Gasteiger partial charge in [-0.25, -0.2) is 0 Å². The van der Waals surface area contributed by atoms with Crippen molar-refractivity contribution in [3.63, 3.8) is 0 Å². The van der Waals surface area contributed by atoms with Crippen LogP contribution in [0.15, 0.2) is 24.4 Å². The van der Waals surface area contributed by atoms with E-state index in [0.29, 0.717) is 5.88 Å². The van der Waals surface area contributed by atoms with Crippen LogP contribution in [-0.2, 0) is 13.5 Å². The molecule has 1 aromatic heterocycles. The molecule has 0 saturated heterocycles. The number of hydrogen-bond donors (Lipinski definition) is 0. The third kappa shape index (κ3) is 2.45. The van der Waals surface area contributed by atoms with E-state index in [1.165, 1.54) is 16.5 Å². The zero-order valence-electron chi connectivity index (χ0n) is 9.91. The molecule has 0 unspecified atom stereocenters. The Morgan fingerprint density at radius 3 is 2.88 bits per heavy atom. The van der Waals surface area contributed by atoms with E-state index in [1.54, 1.807) is 0 Å². The van der Waals surface area contributed by atoms with E-state index >= 15 is 0 Å². The van der Waals surface area contributed by atoms with Gasteiger partial charge in [0.25, 0.3) is 0 Å². The molecule has 0 saturated carbocycles. The Morgan fingerprint density at radius 1 is 1.35 bits per heavy atom. The predicted octanol–water partition coefficient (Wildman–Crippen LogP) is 3.61. The molecule has 17 heavy (non-hydrogen) atoms. The molecule has 0 atom stereocenters. The Kier molecular flexibility index (Phi) is 3.71. The summed E-state index contributed by atoms with van der Waals surface area (Å²) in [7, 11) is 2.04. The predicted molar refractivity (Wildman–Crippen MR) is 71.3 cm³/mol. The van der Waals surface area contributed by atoms with Crippen LogP contribution in [0.5, 0.6) is 0 Å². The first-order chi connectivity index (χ1) is 8.26. The fourth-order valence-electron chi connectivity index (χ4n) is 2.15. The summed E-state index contributed by atoms with van der Waals surface area (Å²) < 4.78 is 2.12. The minimum Gasteiger partial charge on any atom is -0.350 e. The highest BCUT2D eigenvalue weighted by Crippen LogP contribution is 2.23. The monoisotopic (exact) mass is 246 g/mol. The second-order valence-electron chi connectivity index (χ2n) is 4.26. The first-order valence-corrected chi connectivity index (χ1v) is 6.33. The molecule has 0 bridgehead atoms. The standard InChI is InChI=1S/C14H15ClN2/c1-17-10-12(4-2-3-7-15)13-8-11(9-16)5-6-14(13)17/h5-6,8,10H,2-4,7H2,1H3. The number of benzene rings is 1. The molecule has 0 fully saturated rings. The Bertz CT molecular complexity index is 563. The molecule has 2 nitrogen and oxygen atoms in total. The van der Waals surface area contributed by atoms with Crippen molar-refractivity contribution in [1.29, 1.82) is 5.26 Å². The summed E-state index contributed by atoms with van der Waals surface area (Å²) in [5, 5.41) is 10.1. The molecular formula is C14H15ClN2. The molecule has 88 valence electrons. The average Bonchev–Trinajstić information content (AvgIpc) is 2.66. The summed E-state index contributed by atoms with van der Waals surface area (Å²) in [4.78, 5) is 0. The van der Waals surface area contributed by atoms with Gasteiger partial charge in [0.1, 0.15) is 0 Å². The molecule has 2 rings (SSSR count). The highest BCUT2D eigenvalue weighted by atomic mass is 35.5. The highest BCUT2D eigenvalue weighted by Gasteiger charge is 2.07. The molecule has 2 aromatic rings. The Labute approximate surface area is 106 Å². The highest BCUT2D eigenvalue weighted by molar-refractivity contribution is 6.17. The van der Waals surface area contributed by atoms with Crippen LogP contribution in [0.1, 0.15) is 24.0 Å². The lowest BCUT2D eigenvalue weighted by Gasteiger charge is -1.98. The normalized spacial score (nSPS) is 10.6. The van der Waals surface area contributed by atoms with E-state index in [9.17, 15) is 0 Å². The maximum Gasteiger partial charge on any atom is 0.0991 e. The third-order valence-corrected chi connectivity index (χ3v) is 3.30. The minimum absolute atomic E-state index is 0.716. The summed E-state index contributed by atoms with van der Waals surface area (Å²) >= 11 is 5.69. The lowest BCUT2D eigenvalue weighted by molar-refractivity contribution is 0.799. The number of unbranched alkanes of at least 4 members (excludes halogenated alkanes) is 1. The van der Waals surface area contributed by atoms with Crippen molar-refractivity contribution in [2.24, 2.45) is 7.05 Å². The van der Waals surface area contributed by atoms with Crippen LogP contribution in [-0.4, -0.2) is 10.4 Å². The summed E-state index contributed by atoms with van der Waals surface area (Å²) in [5.74, 6) is 0.716. The van der Waals surface area contributed by atoms with Gasteiger partial charge in [0, 0.05) is 30.0 Å². The zero-order chi connectivity index (χ0) is 12.3. The van der Waals surface area contributed by atoms with Gasteiger partial charge in [-0.3, -0.25) is 0 Å². The van der Waals surface area contributed by atoms with Crippen molar-refractivity contribution in [3.8, 4) is 6.07 Å². The van der Waals surface area contributed by atoms with Crippen molar-refractivity contribution in [1.82, 2.24) is 4.57 Å². The SMILES string of the molecule is Cn1cc(CCCCCl)c2cc(C#N)ccc21. The van der Waals surface area contributed by atoms with Crippen LogP contribution < -0.4 is 0 Å². The minimum atomic E-state index is 0.716. The van der Waals surface area contributed by atoms with Gasteiger partial charge in [-0.1, -0.05) is 0 Å². The maximum absolute atomic E-state index is 8.93. The number of rotatable bonds is 4. The van der Waals surface area contributed by atoms with E-state index in [2.05, 4.69) is 16.8 Å². The molecule has 1 aromatic carbocycles. The largest absolute Gasteiger partial charge is 0.350 e. The maximum atomic E-state index is 8.93. The summed E-state index contributed by atoms with van der Waals surface area (Å²) in [6.07, 6.45) is 5.31. The number of aryl methyl sites for hydroxylation is 2. The van der Waals surface area contributed by atoms with Crippen molar-refractivity contribution in [2.75, 3.05) is 5.88 Å². The van der Waals surface area contributed by atoms with Gasteiger partial charge in [0.2, 0.25) is 0 Å². The number of fused-ring (bicyclic) bond motifs is 1. The number of aromatic nitrogens is 1. The van der Waals surface area contributed by atoms with Crippen LogP contribution in [0.2, 0.25) is 0 Å². The first-order valence-electron chi connectivity index (χ1n) is 5.80. The quantitative estimate of drug-likeness (QED) is 0.598. The van der Waals surface area contributed by atoms with Crippen LogP contribution in [0, 0.1) is 11.3 Å². The van der Waals surface area contributed by atoms with E-state index in [4.69, 9.17) is 16.9 Å². The van der Waals surface area contributed by atoms with Gasteiger partial charge in [0.05, 0.1) is 11.6 Å². The Balaban J connectivity index is 2.38. The van der Waals surface area contributed by atoms with Crippen molar-refractivity contribution >= 4 is 22.5 Å². The Morgan fingerprint density at radius 2 is 2.18 bits per heavy atom. The lowest BCUT2D eigenvalue weighted by Crippen LogP contribution is -1.85. The number of nitrogens with zero attached hydrogens (tertiary/aromatic N) is 2. The average molecular weight is 247 g/mol. The molecule has 0 aliphatic rings. The number of hydrogen-bond acceptors (Lipinski definition) is 1. The zero-order valence-corrected chi connectivity index (χ0v) is 10.7. The van der Waals surface area contributed by atoms with Gasteiger partial charge in [-0.2, -0.15) is 5.26 Å². The third-order valence-electron chi connectivity index (χ3n) is 3.03. The van der Waals surface area contributed by atoms with Gasteiger partial charge < -0.3 is 4.57 Å². The number of alkyl halides is 1. The van der Waals surface area contributed by atoms with E-state index in [1.807, 2.05) is 25.2 Å². The van der Waals surface area contributed by atoms with Crippen molar-refractivity contribution in [3.05, 3.63) is 35.5 Å². The molecule has 0 spiro atoms. The van der Waals surface area contributed by atoms with E-state index in [0.717, 1.165) is 24.8 Å². The second-order valence-corrected chi connectivity index (χ2v) is 4.63. The van der Waals surface area contributed by atoms with Crippen LogP contribution in [0.25, 0.3) is 10.9 Å². The molecular weight excluding hydrogens is 232 g/mol. The lowest BCUT2D eigenvalue weighted by atomic mass is 10.1. The topological polar surface area (TPSA) is 28.7 Å². The van der Waals surface area contributed by atoms with Crippen molar-refractivity contribution < 1.29 is 0 Å². The van der Waals surface area contributed by atoms with Crippen LogP contribution in [0.4, 0.5) is 0 Å². The summed E-state index contributed by atoms with van der Waals surface area (Å²) in [5.41, 5.74) is 3.22. The summed E-state index contributed by atoms with van der Waals surface area (Å²) in [6.45, 7) is 0. The van der Waals surface area contributed by atoms with Crippen molar-refractivity contribution in [2.45, 2.75) is 19.3 Å².